The second kappa shape index (κ2) is 5.69. The molecule has 0 aliphatic rings. The number of rotatable bonds is 6. The van der Waals surface area contributed by atoms with Crippen molar-refractivity contribution >= 4 is 30.2 Å². The summed E-state index contributed by atoms with van der Waals surface area (Å²) in [6, 6.07) is 0. The number of hydrogen-bond acceptors (Lipinski definition) is 4. The smallest absolute Gasteiger partial charge is 0.286 e. The fourth-order valence-corrected chi connectivity index (χ4v) is 1.10. The second-order valence-electron chi connectivity index (χ2n) is 1.55. The van der Waals surface area contributed by atoms with Gasteiger partial charge >= 0.3 is 30.2 Å². The Balaban J connectivity index is 4.41. The van der Waals surface area contributed by atoms with Gasteiger partial charge in [0.2, 0.25) is 0 Å². The molecule has 0 aliphatic carbocycles. The summed E-state index contributed by atoms with van der Waals surface area (Å²) in [7, 11) is -17.2. The third kappa shape index (κ3) is 6.36. The Morgan fingerprint density at radius 3 is 1.07 bits per heavy atom. The summed E-state index contributed by atoms with van der Waals surface area (Å²) in [4.78, 5) is 0. The number of phosphoric acid groups is 1. The van der Waals surface area contributed by atoms with Gasteiger partial charge in [0.25, 0.3) is 0 Å². The van der Waals surface area contributed by atoms with Gasteiger partial charge in [-0.15, -0.1) is 0 Å². The van der Waals surface area contributed by atoms with Gasteiger partial charge in [0.05, 0.1) is 0 Å². The molecule has 0 rings (SSSR count). The van der Waals surface area contributed by atoms with Crippen LogP contribution in [0.25, 0.3) is 0 Å². The highest BCUT2D eigenvalue weighted by Gasteiger charge is 2.44. The lowest BCUT2D eigenvalue weighted by molar-refractivity contribution is 0.241. The highest BCUT2D eigenvalue weighted by molar-refractivity contribution is 7.52. The van der Waals surface area contributed by atoms with Gasteiger partial charge in [0, 0.05) is 0 Å². The molecule has 0 aliphatic heterocycles. The quantitative estimate of drug-likeness (QED) is 0.405. The van der Waals surface area contributed by atoms with E-state index in [-0.39, 0.29) is 0 Å². The van der Waals surface area contributed by atoms with Crippen LogP contribution in [0.3, 0.4) is 0 Å². The van der Waals surface area contributed by atoms with Crippen LogP contribution in [0.2, 0.25) is 0 Å². The van der Waals surface area contributed by atoms with Crippen LogP contribution < -0.4 is 0 Å². The van der Waals surface area contributed by atoms with Gasteiger partial charge < -0.3 is 0 Å². The molecular weight excluding hydrogens is 241 g/mol. The summed E-state index contributed by atoms with van der Waals surface area (Å²) in [5, 5.41) is 0. The van der Waals surface area contributed by atoms with Crippen molar-refractivity contribution in [1.29, 1.82) is 0 Å². The fourth-order valence-electron chi connectivity index (χ4n) is 0.367. The zero-order chi connectivity index (χ0) is 11.4. The third-order valence-electron chi connectivity index (χ3n) is 0.626. The van der Waals surface area contributed by atoms with Crippen molar-refractivity contribution in [3.8, 4) is 0 Å². The average Bonchev–Trinajstić information content (AvgIpc) is 1.76. The minimum Gasteiger partial charge on any atom is -0.286 e. The molecule has 0 aromatic carbocycles. The van der Waals surface area contributed by atoms with Crippen LogP contribution in [0.15, 0.2) is 0 Å². The SMILES string of the molecule is O=P(OB(F)F)(OB(F)F)OB(F)F. The van der Waals surface area contributed by atoms with Gasteiger partial charge in [-0.2, -0.15) is 0 Å². The van der Waals surface area contributed by atoms with Crippen LogP contribution in [0.4, 0.5) is 25.9 Å². The minimum absolute atomic E-state index is 2.88. The van der Waals surface area contributed by atoms with Gasteiger partial charge in [0.15, 0.2) is 0 Å². The van der Waals surface area contributed by atoms with E-state index < -0.39 is 30.2 Å². The van der Waals surface area contributed by atoms with E-state index in [0.29, 0.717) is 0 Å². The van der Waals surface area contributed by atoms with Gasteiger partial charge in [0.1, 0.15) is 0 Å². The Labute approximate surface area is 75.1 Å². The normalized spacial score (nSPS) is 11.3. The maximum Gasteiger partial charge on any atom is 0.729 e. The molecule has 0 aromatic rings. The van der Waals surface area contributed by atoms with Crippen LogP contribution in [-0.4, -0.2) is 22.4 Å². The Kier molecular flexibility index (Phi) is 5.64. The molecule has 0 amide bonds. The molecule has 0 spiro atoms. The second-order valence-corrected chi connectivity index (χ2v) is 3.07. The molecule has 0 unspecified atom stereocenters. The molecule has 0 atom stereocenters. The molecular formula is B3F6O4P. The Morgan fingerprint density at radius 2 is 0.929 bits per heavy atom. The van der Waals surface area contributed by atoms with Crippen molar-refractivity contribution in [1.82, 2.24) is 0 Å². The fraction of sp³-hybridized carbons (Fsp3) is 0. The molecule has 14 heteroatoms. The molecule has 0 saturated carbocycles. The average molecular weight is 241 g/mol. The maximum absolute atomic E-state index is 11.4. The lowest BCUT2D eigenvalue weighted by Crippen LogP contribution is -2.15. The molecule has 0 saturated heterocycles. The first-order valence-electron chi connectivity index (χ1n) is 2.75. The summed E-state index contributed by atoms with van der Waals surface area (Å²) in [6.45, 7) is 0. The summed E-state index contributed by atoms with van der Waals surface area (Å²) in [5.74, 6) is 0. The van der Waals surface area contributed by atoms with Crippen LogP contribution in [0.1, 0.15) is 0 Å². The highest BCUT2D eigenvalue weighted by atomic mass is 31.2. The molecule has 0 aromatic heterocycles. The van der Waals surface area contributed by atoms with Gasteiger partial charge in [-0.25, -0.2) is 4.57 Å². The summed E-state index contributed by atoms with van der Waals surface area (Å²) in [6.07, 6.45) is 0. The van der Waals surface area contributed by atoms with Crippen LogP contribution in [-0.2, 0) is 17.9 Å². The molecule has 0 heterocycles. The van der Waals surface area contributed by atoms with E-state index >= 15 is 0 Å². The highest BCUT2D eigenvalue weighted by Crippen LogP contribution is 2.51. The predicted molar refractivity (Wildman–Crippen MR) is 34.8 cm³/mol. The van der Waals surface area contributed by atoms with Crippen LogP contribution >= 0.6 is 7.82 Å². The van der Waals surface area contributed by atoms with Crippen molar-refractivity contribution in [2.45, 2.75) is 0 Å². The summed E-state index contributed by atoms with van der Waals surface area (Å²) >= 11 is 0. The molecule has 0 radical (unpaired) electrons. The minimum atomic E-state index is -5.64. The monoisotopic (exact) mass is 242 g/mol. The molecule has 14 heavy (non-hydrogen) atoms. The third-order valence-corrected chi connectivity index (χ3v) is 1.88. The first-order valence-corrected chi connectivity index (χ1v) is 4.21. The van der Waals surface area contributed by atoms with Crippen LogP contribution in [0, 0.1) is 0 Å². The largest absolute Gasteiger partial charge is 0.729 e. The standard InChI is InChI=1S/B3F6O4P/c4-1(5)11-14(10,12-2(6)7)13-3(8)9. The first-order chi connectivity index (χ1) is 6.25. The van der Waals surface area contributed by atoms with E-state index in [1.165, 1.54) is 0 Å². The van der Waals surface area contributed by atoms with Crippen molar-refractivity contribution in [3.05, 3.63) is 0 Å². The Morgan fingerprint density at radius 1 is 0.714 bits per heavy atom. The van der Waals surface area contributed by atoms with Crippen molar-refractivity contribution in [3.63, 3.8) is 0 Å². The van der Waals surface area contributed by atoms with Gasteiger partial charge in [-0.1, -0.05) is 0 Å². The number of halogens is 6. The van der Waals surface area contributed by atoms with E-state index in [0.717, 1.165) is 0 Å². The zero-order valence-corrected chi connectivity index (χ0v) is 6.97. The molecule has 0 bridgehead atoms. The van der Waals surface area contributed by atoms with Crippen molar-refractivity contribution in [2.75, 3.05) is 0 Å². The first kappa shape index (κ1) is 13.9. The van der Waals surface area contributed by atoms with Gasteiger partial charge in [-0.05, 0) is 0 Å². The Bertz CT molecular complexity index is 176. The maximum atomic E-state index is 11.4. The predicted octanol–water partition coefficient (Wildman–Crippen LogP) is 1.92. The zero-order valence-electron chi connectivity index (χ0n) is 6.08. The molecule has 0 N–H and O–H groups in total. The lowest BCUT2D eigenvalue weighted by atomic mass is 10.4. The van der Waals surface area contributed by atoms with Gasteiger partial charge in [-0.3, -0.25) is 39.2 Å². The van der Waals surface area contributed by atoms with E-state index in [9.17, 15) is 30.5 Å². The van der Waals surface area contributed by atoms with E-state index in [4.69, 9.17) is 0 Å². The summed E-state index contributed by atoms with van der Waals surface area (Å²) in [5.41, 5.74) is 0. The lowest BCUT2D eigenvalue weighted by Gasteiger charge is -2.13. The Hall–Kier alpha value is -0.115. The molecule has 80 valence electrons. The van der Waals surface area contributed by atoms with Crippen molar-refractivity contribution < 1.29 is 43.8 Å². The van der Waals surface area contributed by atoms with Crippen LogP contribution in [0.5, 0.6) is 0 Å². The number of hydrogen-bond donors (Lipinski definition) is 0. The van der Waals surface area contributed by atoms with E-state index in [1.54, 1.807) is 0 Å². The summed E-state index contributed by atoms with van der Waals surface area (Å²) < 4.78 is 87.5. The van der Waals surface area contributed by atoms with E-state index in [2.05, 4.69) is 13.3 Å². The van der Waals surface area contributed by atoms with Crippen molar-refractivity contribution in [2.24, 2.45) is 0 Å². The molecule has 0 fully saturated rings. The molecule has 4 nitrogen and oxygen atoms in total. The van der Waals surface area contributed by atoms with E-state index in [1.807, 2.05) is 0 Å². The topological polar surface area (TPSA) is 44.8 Å².